The van der Waals surface area contributed by atoms with Crippen LogP contribution in [-0.2, 0) is 21.1 Å². The molecule has 0 bridgehead atoms. The largest absolute Gasteiger partial charge is 0.417 e. The van der Waals surface area contributed by atoms with Gasteiger partial charge in [0.1, 0.15) is 10.9 Å². The molecular formula is C14H14N3O2+. The van der Waals surface area contributed by atoms with Crippen molar-refractivity contribution in [1.82, 2.24) is 9.13 Å². The number of hydrogen-bond donors (Lipinski definition) is 0. The SMILES string of the molecule is Cn1c(=O)c2cc3ccccc3[n+](C)c2n(C)c1=O. The van der Waals surface area contributed by atoms with Crippen LogP contribution in [0.4, 0.5) is 0 Å². The van der Waals surface area contributed by atoms with Gasteiger partial charge in [-0.25, -0.2) is 13.9 Å². The lowest BCUT2D eigenvalue weighted by molar-refractivity contribution is -0.620. The van der Waals surface area contributed by atoms with Crippen molar-refractivity contribution < 1.29 is 4.57 Å². The maximum Gasteiger partial charge on any atom is 0.417 e. The predicted octanol–water partition coefficient (Wildman–Crippen LogP) is 0.215. The maximum absolute atomic E-state index is 12.2. The first-order valence-electron chi connectivity index (χ1n) is 6.00. The van der Waals surface area contributed by atoms with Gasteiger partial charge in [-0.15, -0.1) is 0 Å². The third-order valence-electron chi connectivity index (χ3n) is 3.58. The molecule has 0 aliphatic heterocycles. The van der Waals surface area contributed by atoms with Crippen LogP contribution in [0.3, 0.4) is 0 Å². The first-order valence-corrected chi connectivity index (χ1v) is 6.00. The van der Waals surface area contributed by atoms with E-state index in [1.54, 1.807) is 7.05 Å². The van der Waals surface area contributed by atoms with E-state index >= 15 is 0 Å². The number of benzene rings is 1. The Morgan fingerprint density at radius 2 is 1.74 bits per heavy atom. The van der Waals surface area contributed by atoms with Crippen molar-refractivity contribution in [2.75, 3.05) is 0 Å². The van der Waals surface area contributed by atoms with Gasteiger partial charge in [-0.05, 0) is 12.1 Å². The van der Waals surface area contributed by atoms with Crippen LogP contribution in [0.2, 0.25) is 0 Å². The van der Waals surface area contributed by atoms with Gasteiger partial charge in [0, 0.05) is 12.4 Å². The fourth-order valence-corrected chi connectivity index (χ4v) is 2.58. The van der Waals surface area contributed by atoms with Crippen molar-refractivity contribution in [3.63, 3.8) is 0 Å². The van der Waals surface area contributed by atoms with Gasteiger partial charge >= 0.3 is 5.69 Å². The highest BCUT2D eigenvalue weighted by Crippen LogP contribution is 2.13. The molecule has 2 aromatic heterocycles. The normalized spacial score (nSPS) is 11.3. The summed E-state index contributed by atoms with van der Waals surface area (Å²) < 4.78 is 4.52. The summed E-state index contributed by atoms with van der Waals surface area (Å²) in [5.74, 6) is 0. The average molecular weight is 256 g/mol. The maximum atomic E-state index is 12.2. The molecule has 0 N–H and O–H groups in total. The first-order chi connectivity index (χ1) is 9.02. The molecule has 19 heavy (non-hydrogen) atoms. The minimum absolute atomic E-state index is 0.264. The van der Waals surface area contributed by atoms with Crippen LogP contribution >= 0.6 is 0 Å². The second kappa shape index (κ2) is 3.78. The Morgan fingerprint density at radius 3 is 2.47 bits per heavy atom. The molecule has 1 aromatic carbocycles. The van der Waals surface area contributed by atoms with Gasteiger partial charge in [-0.1, -0.05) is 18.2 Å². The van der Waals surface area contributed by atoms with Gasteiger partial charge in [-0.3, -0.25) is 4.79 Å². The molecule has 0 saturated heterocycles. The average Bonchev–Trinajstić information content (AvgIpc) is 2.43. The number of nitrogens with zero attached hydrogens (tertiary/aromatic N) is 3. The molecule has 0 unspecified atom stereocenters. The molecule has 0 aliphatic rings. The van der Waals surface area contributed by atoms with E-state index in [4.69, 9.17) is 0 Å². The van der Waals surface area contributed by atoms with E-state index in [9.17, 15) is 9.59 Å². The van der Waals surface area contributed by atoms with Gasteiger partial charge < -0.3 is 0 Å². The lowest BCUT2D eigenvalue weighted by Crippen LogP contribution is -2.43. The summed E-state index contributed by atoms with van der Waals surface area (Å²) in [5.41, 5.74) is 1.04. The number of rotatable bonds is 0. The number of aromatic nitrogens is 3. The molecule has 5 nitrogen and oxygen atoms in total. The Labute approximate surface area is 109 Å². The molecule has 0 fully saturated rings. The van der Waals surface area contributed by atoms with Gasteiger partial charge in [-0.2, -0.15) is 4.57 Å². The van der Waals surface area contributed by atoms with Gasteiger partial charge in [0.15, 0.2) is 0 Å². The Bertz CT molecular complexity index is 935. The molecular weight excluding hydrogens is 242 g/mol. The summed E-state index contributed by atoms with van der Waals surface area (Å²) in [4.78, 5) is 24.2. The zero-order valence-corrected chi connectivity index (χ0v) is 11.0. The minimum Gasteiger partial charge on any atom is -0.268 e. The monoisotopic (exact) mass is 256 g/mol. The fraction of sp³-hybridized carbons (Fsp3) is 0.214. The molecule has 0 amide bonds. The Kier molecular flexibility index (Phi) is 2.32. The topological polar surface area (TPSA) is 47.9 Å². The third kappa shape index (κ3) is 1.44. The molecule has 3 aromatic rings. The van der Waals surface area contributed by atoms with Crippen molar-refractivity contribution in [3.05, 3.63) is 51.2 Å². The van der Waals surface area contributed by atoms with E-state index in [0.717, 1.165) is 15.5 Å². The highest BCUT2D eigenvalue weighted by atomic mass is 16.2. The first kappa shape index (κ1) is 11.6. The summed E-state index contributed by atoms with van der Waals surface area (Å²) >= 11 is 0. The standard InChI is InChI=1S/C14H14N3O2/c1-15-11-7-5-4-6-9(11)8-10-12(15)16(2)14(19)17(3)13(10)18/h4-8H,1-3H3/q+1. The molecule has 0 radical (unpaired) electrons. The molecule has 0 saturated carbocycles. The molecule has 2 heterocycles. The number of fused-ring (bicyclic) bond motifs is 2. The smallest absolute Gasteiger partial charge is 0.268 e. The van der Waals surface area contributed by atoms with E-state index in [-0.39, 0.29) is 11.2 Å². The van der Waals surface area contributed by atoms with Crippen LogP contribution in [-0.4, -0.2) is 9.13 Å². The number of aryl methyl sites for hydroxylation is 2. The quantitative estimate of drug-likeness (QED) is 0.426. The van der Waals surface area contributed by atoms with E-state index in [0.29, 0.717) is 11.0 Å². The second-order valence-corrected chi connectivity index (χ2v) is 4.71. The summed E-state index contributed by atoms with van der Waals surface area (Å²) in [6.07, 6.45) is 0. The van der Waals surface area contributed by atoms with Crippen molar-refractivity contribution in [3.8, 4) is 0 Å². The lowest BCUT2D eigenvalue weighted by Gasteiger charge is -2.07. The minimum atomic E-state index is -0.316. The summed E-state index contributed by atoms with van der Waals surface area (Å²) in [7, 11) is 5.04. The molecule has 5 heteroatoms. The molecule has 0 aliphatic carbocycles. The van der Waals surface area contributed by atoms with Gasteiger partial charge in [0.2, 0.25) is 0 Å². The van der Waals surface area contributed by atoms with E-state index in [1.165, 1.54) is 11.6 Å². The zero-order valence-electron chi connectivity index (χ0n) is 11.0. The Hall–Kier alpha value is -2.43. The summed E-state index contributed by atoms with van der Waals surface area (Å²) in [6, 6.07) is 9.64. The fourth-order valence-electron chi connectivity index (χ4n) is 2.58. The molecule has 3 rings (SSSR count). The second-order valence-electron chi connectivity index (χ2n) is 4.71. The van der Waals surface area contributed by atoms with Crippen LogP contribution in [0.15, 0.2) is 39.9 Å². The number of pyridine rings is 1. The van der Waals surface area contributed by atoms with E-state index in [2.05, 4.69) is 0 Å². The third-order valence-corrected chi connectivity index (χ3v) is 3.58. The van der Waals surface area contributed by atoms with Crippen LogP contribution < -0.4 is 15.8 Å². The molecule has 96 valence electrons. The van der Waals surface area contributed by atoms with Crippen LogP contribution in [0.1, 0.15) is 0 Å². The van der Waals surface area contributed by atoms with Gasteiger partial charge in [0.25, 0.3) is 11.2 Å². The van der Waals surface area contributed by atoms with Crippen molar-refractivity contribution in [1.29, 1.82) is 0 Å². The predicted molar refractivity (Wildman–Crippen MR) is 73.1 cm³/mol. The van der Waals surface area contributed by atoms with Crippen LogP contribution in [0.25, 0.3) is 21.9 Å². The summed E-state index contributed by atoms with van der Waals surface area (Å²) in [6.45, 7) is 0. The number of para-hydroxylation sites is 1. The van der Waals surface area contributed by atoms with E-state index in [1.807, 2.05) is 41.9 Å². The van der Waals surface area contributed by atoms with Gasteiger partial charge in [0.05, 0.1) is 14.1 Å². The highest BCUT2D eigenvalue weighted by Gasteiger charge is 2.19. The Balaban J connectivity index is 2.75. The molecule has 0 atom stereocenters. The van der Waals surface area contributed by atoms with Crippen molar-refractivity contribution >= 4 is 21.9 Å². The van der Waals surface area contributed by atoms with E-state index < -0.39 is 0 Å². The highest BCUT2D eigenvalue weighted by molar-refractivity contribution is 5.86. The zero-order chi connectivity index (χ0) is 13.7. The Morgan fingerprint density at radius 1 is 1.05 bits per heavy atom. The van der Waals surface area contributed by atoms with Crippen LogP contribution in [0, 0.1) is 0 Å². The van der Waals surface area contributed by atoms with Crippen molar-refractivity contribution in [2.45, 2.75) is 0 Å². The summed E-state index contributed by atoms with van der Waals surface area (Å²) in [5, 5.41) is 1.53. The number of hydrogen-bond acceptors (Lipinski definition) is 2. The molecule has 0 spiro atoms. The van der Waals surface area contributed by atoms with Crippen LogP contribution in [0.5, 0.6) is 0 Å². The lowest BCUT2D eigenvalue weighted by atomic mass is 10.2. The van der Waals surface area contributed by atoms with Crippen molar-refractivity contribution in [2.24, 2.45) is 21.1 Å².